The van der Waals surface area contributed by atoms with Gasteiger partial charge in [-0.05, 0) is 114 Å². The molecule has 3 aliphatic carbocycles. The van der Waals surface area contributed by atoms with Crippen LogP contribution in [-0.4, -0.2) is 13.4 Å². The second-order valence-corrected chi connectivity index (χ2v) is 12.6. The first-order chi connectivity index (χ1) is 18.8. The Bertz CT molecular complexity index is 1390. The molecule has 6 rings (SSSR count). The predicted molar refractivity (Wildman–Crippen MR) is 153 cm³/mol. The second kappa shape index (κ2) is 10.1. The van der Waals surface area contributed by atoms with Crippen LogP contribution in [-0.2, 0) is 23.2 Å². The minimum atomic E-state index is -0.232. The smallest absolute Gasteiger partial charge is 0.131 e. The lowest BCUT2D eigenvalue weighted by atomic mass is 9.52. The number of hydrogen-bond acceptors (Lipinski definition) is 3. The van der Waals surface area contributed by atoms with Crippen molar-refractivity contribution in [1.29, 1.82) is 0 Å². The zero-order chi connectivity index (χ0) is 27.2. The highest BCUT2D eigenvalue weighted by molar-refractivity contribution is 5.71. The van der Waals surface area contributed by atoms with Crippen LogP contribution in [0, 0.1) is 17.2 Å². The van der Waals surface area contributed by atoms with Crippen LogP contribution in [0.1, 0.15) is 87.0 Å². The molecule has 0 amide bonds. The third kappa shape index (κ3) is 4.56. The molecule has 0 saturated heterocycles. The minimum absolute atomic E-state index is 0.0123. The number of rotatable bonds is 7. The normalized spacial score (nSPS) is 25.1. The van der Waals surface area contributed by atoms with E-state index in [9.17, 15) is 4.79 Å². The molecule has 2 fully saturated rings. The van der Waals surface area contributed by atoms with Gasteiger partial charge in [0.15, 0.2) is 0 Å². The van der Waals surface area contributed by atoms with Crippen LogP contribution in [0.3, 0.4) is 0 Å². The van der Waals surface area contributed by atoms with Crippen LogP contribution in [0.5, 0.6) is 11.5 Å². The summed E-state index contributed by atoms with van der Waals surface area (Å²) in [7, 11) is 1.62. The van der Waals surface area contributed by atoms with Crippen molar-refractivity contribution in [2.75, 3.05) is 7.11 Å². The molecule has 3 aromatic rings. The quantitative estimate of drug-likeness (QED) is 0.289. The van der Waals surface area contributed by atoms with Gasteiger partial charge in [-0.15, -0.1) is 0 Å². The Labute approximate surface area is 231 Å². The van der Waals surface area contributed by atoms with Gasteiger partial charge in [0.05, 0.1) is 7.11 Å². The highest BCUT2D eigenvalue weighted by atomic mass is 19.1. The first-order valence-electron chi connectivity index (χ1n) is 14.5. The maximum absolute atomic E-state index is 15.1. The van der Waals surface area contributed by atoms with Gasteiger partial charge < -0.3 is 14.3 Å². The standard InChI is InChI=1S/C35H39FO3/c1-34(2)15-5-7-31(34)29-18-23(8-12-28(29)30-19-26(38-3)11-13-33(30)36)22-39-27-10-9-24-6-4-16-35(32(24)20-27)17-14-25(35)21-37/h8-13,18-21,25,31H,4-7,14-17,22H2,1-3H3/t25-,31+,35+/m1/s1. The fourth-order valence-electron chi connectivity index (χ4n) is 7.70. The monoisotopic (exact) mass is 526 g/mol. The Morgan fingerprint density at radius 1 is 0.923 bits per heavy atom. The number of carbonyl (C=O) groups is 1. The lowest BCUT2D eigenvalue weighted by Gasteiger charge is -2.51. The Kier molecular flexibility index (Phi) is 6.77. The predicted octanol–water partition coefficient (Wildman–Crippen LogP) is 8.56. The van der Waals surface area contributed by atoms with Crippen molar-refractivity contribution in [1.82, 2.24) is 0 Å². The summed E-state index contributed by atoms with van der Waals surface area (Å²) in [5.74, 6) is 1.76. The van der Waals surface area contributed by atoms with E-state index in [1.165, 1.54) is 35.5 Å². The lowest BCUT2D eigenvalue weighted by Crippen LogP contribution is -2.47. The fraction of sp³-hybridized carbons (Fsp3) is 0.457. The van der Waals surface area contributed by atoms with E-state index in [4.69, 9.17) is 9.47 Å². The van der Waals surface area contributed by atoms with E-state index in [0.29, 0.717) is 23.8 Å². The van der Waals surface area contributed by atoms with Gasteiger partial charge >= 0.3 is 0 Å². The van der Waals surface area contributed by atoms with Crippen LogP contribution >= 0.6 is 0 Å². The number of carbonyl (C=O) groups excluding carboxylic acids is 1. The van der Waals surface area contributed by atoms with E-state index in [1.54, 1.807) is 13.2 Å². The van der Waals surface area contributed by atoms with Gasteiger partial charge in [0, 0.05) is 16.9 Å². The SMILES string of the molecule is COc1ccc(F)c(-c2ccc(COc3ccc4c(c3)[C@@]3(CCC4)CC[C@@H]3C=O)cc2[C@@H]2CCCC2(C)C)c1. The minimum Gasteiger partial charge on any atom is -0.497 e. The van der Waals surface area contributed by atoms with Crippen molar-refractivity contribution < 1.29 is 18.7 Å². The molecule has 0 radical (unpaired) electrons. The largest absolute Gasteiger partial charge is 0.497 e. The number of aldehydes is 1. The summed E-state index contributed by atoms with van der Waals surface area (Å²) in [6.45, 7) is 5.11. The molecule has 1 spiro atoms. The molecule has 0 aromatic heterocycles. The Morgan fingerprint density at radius 3 is 2.49 bits per heavy atom. The van der Waals surface area contributed by atoms with Gasteiger partial charge in [0.1, 0.15) is 30.2 Å². The molecule has 204 valence electrons. The topological polar surface area (TPSA) is 35.5 Å². The van der Waals surface area contributed by atoms with E-state index < -0.39 is 0 Å². The van der Waals surface area contributed by atoms with Gasteiger partial charge in [-0.3, -0.25) is 0 Å². The molecule has 4 heteroatoms. The summed E-state index contributed by atoms with van der Waals surface area (Å²) in [5.41, 5.74) is 6.66. The summed E-state index contributed by atoms with van der Waals surface area (Å²) < 4.78 is 26.9. The number of halogens is 1. The average molecular weight is 527 g/mol. The summed E-state index contributed by atoms with van der Waals surface area (Å²) in [6.07, 6.45) is 10.0. The molecule has 3 aliphatic rings. The zero-order valence-electron chi connectivity index (χ0n) is 23.4. The molecule has 0 bridgehead atoms. The van der Waals surface area contributed by atoms with Crippen molar-refractivity contribution >= 4 is 6.29 Å². The summed E-state index contributed by atoms with van der Waals surface area (Å²) >= 11 is 0. The number of hydrogen-bond donors (Lipinski definition) is 0. The van der Waals surface area contributed by atoms with Crippen molar-refractivity contribution in [3.05, 3.63) is 82.7 Å². The van der Waals surface area contributed by atoms with Gasteiger partial charge in [0.2, 0.25) is 0 Å². The van der Waals surface area contributed by atoms with Crippen molar-refractivity contribution in [3.8, 4) is 22.6 Å². The Balaban J connectivity index is 1.31. The van der Waals surface area contributed by atoms with Crippen LogP contribution in [0.4, 0.5) is 4.39 Å². The van der Waals surface area contributed by atoms with Gasteiger partial charge in [-0.25, -0.2) is 4.39 Å². The van der Waals surface area contributed by atoms with Crippen LogP contribution in [0.2, 0.25) is 0 Å². The molecule has 0 heterocycles. The number of ether oxygens (including phenoxy) is 2. The molecule has 2 saturated carbocycles. The Morgan fingerprint density at radius 2 is 1.77 bits per heavy atom. The fourth-order valence-corrected chi connectivity index (χ4v) is 7.70. The van der Waals surface area contributed by atoms with Crippen LogP contribution in [0.15, 0.2) is 54.6 Å². The molecule has 0 aliphatic heterocycles. The number of aryl methyl sites for hydroxylation is 1. The van der Waals surface area contributed by atoms with E-state index >= 15 is 4.39 Å². The lowest BCUT2D eigenvalue weighted by molar-refractivity contribution is -0.117. The molecule has 3 nitrogen and oxygen atoms in total. The summed E-state index contributed by atoms with van der Waals surface area (Å²) in [5, 5.41) is 0. The zero-order valence-corrected chi connectivity index (χ0v) is 23.4. The van der Waals surface area contributed by atoms with Crippen molar-refractivity contribution in [2.24, 2.45) is 11.3 Å². The summed E-state index contributed by atoms with van der Waals surface area (Å²) in [4.78, 5) is 11.8. The molecule has 0 N–H and O–H groups in total. The molecular weight excluding hydrogens is 487 g/mol. The second-order valence-electron chi connectivity index (χ2n) is 12.6. The molecule has 39 heavy (non-hydrogen) atoms. The van der Waals surface area contributed by atoms with Crippen LogP contribution < -0.4 is 9.47 Å². The third-order valence-electron chi connectivity index (χ3n) is 10.1. The van der Waals surface area contributed by atoms with Crippen molar-refractivity contribution in [2.45, 2.75) is 83.2 Å². The number of benzene rings is 3. The third-order valence-corrected chi connectivity index (χ3v) is 10.1. The number of fused-ring (bicyclic) bond motifs is 2. The maximum Gasteiger partial charge on any atom is 0.131 e. The van der Waals surface area contributed by atoms with Gasteiger partial charge in [-0.1, -0.05) is 44.5 Å². The van der Waals surface area contributed by atoms with Gasteiger partial charge in [-0.2, -0.15) is 0 Å². The molecular formula is C35H39FO3. The first kappa shape index (κ1) is 26.1. The highest BCUT2D eigenvalue weighted by Gasteiger charge is 2.49. The van der Waals surface area contributed by atoms with E-state index in [-0.39, 0.29) is 22.6 Å². The molecule has 3 aromatic carbocycles. The first-order valence-corrected chi connectivity index (χ1v) is 14.5. The van der Waals surface area contributed by atoms with E-state index in [1.807, 2.05) is 6.07 Å². The molecule has 3 atom stereocenters. The molecule has 0 unspecified atom stereocenters. The van der Waals surface area contributed by atoms with Crippen molar-refractivity contribution in [3.63, 3.8) is 0 Å². The maximum atomic E-state index is 15.1. The van der Waals surface area contributed by atoms with E-state index in [0.717, 1.165) is 61.8 Å². The van der Waals surface area contributed by atoms with Gasteiger partial charge in [0.25, 0.3) is 0 Å². The Hall–Kier alpha value is -3.14. The average Bonchev–Trinajstić information content (AvgIpc) is 3.30. The number of methoxy groups -OCH3 is 1. The van der Waals surface area contributed by atoms with Crippen LogP contribution in [0.25, 0.3) is 11.1 Å². The summed E-state index contributed by atoms with van der Waals surface area (Å²) in [6, 6.07) is 17.8. The highest BCUT2D eigenvalue weighted by Crippen LogP contribution is 2.55. The van der Waals surface area contributed by atoms with E-state index in [2.05, 4.69) is 50.2 Å².